The highest BCUT2D eigenvalue weighted by Crippen LogP contribution is 2.18. The van der Waals surface area contributed by atoms with Gasteiger partial charge in [-0.2, -0.15) is 0 Å². The second kappa shape index (κ2) is 18.8. The molecule has 0 spiro atoms. The van der Waals surface area contributed by atoms with E-state index in [1.165, 1.54) is 16.5 Å². The third kappa shape index (κ3) is 12.9. The quantitative estimate of drug-likeness (QED) is 0.296. The van der Waals surface area contributed by atoms with Gasteiger partial charge in [-0.25, -0.2) is 4.39 Å². The zero-order chi connectivity index (χ0) is 27.5. The minimum atomic E-state index is -0.681. The van der Waals surface area contributed by atoms with Crippen molar-refractivity contribution >= 4 is 11.8 Å². The predicted octanol–water partition coefficient (Wildman–Crippen LogP) is 3.90. The molecule has 1 heterocycles. The maximum Gasteiger partial charge on any atom is 0.243 e. The number of likely N-dealkylation sites (N-methyl/N-ethyl adjacent to an activating group) is 1. The van der Waals surface area contributed by atoms with Crippen molar-refractivity contribution in [3.05, 3.63) is 59.7 Å². The molecular formula is C29H41FN4O3. The van der Waals surface area contributed by atoms with Crippen LogP contribution >= 0.6 is 0 Å². The van der Waals surface area contributed by atoms with Gasteiger partial charge in [0.05, 0.1) is 6.61 Å². The van der Waals surface area contributed by atoms with Gasteiger partial charge in [-0.3, -0.25) is 14.6 Å². The summed E-state index contributed by atoms with van der Waals surface area (Å²) in [5, 5.41) is 5.82. The number of rotatable bonds is 14. The fourth-order valence-corrected chi connectivity index (χ4v) is 3.35. The van der Waals surface area contributed by atoms with E-state index in [1.54, 1.807) is 25.4 Å². The van der Waals surface area contributed by atoms with Crippen LogP contribution in [0.15, 0.2) is 42.7 Å². The van der Waals surface area contributed by atoms with Crippen LogP contribution in [0.4, 0.5) is 4.39 Å². The number of carbonyl (C=O) groups is 2. The lowest BCUT2D eigenvalue weighted by Gasteiger charge is -2.26. The molecule has 1 aromatic carbocycles. The zero-order valence-corrected chi connectivity index (χ0v) is 22.6. The number of aromatic nitrogens is 1. The van der Waals surface area contributed by atoms with Crippen LogP contribution in [0.25, 0.3) is 0 Å². The van der Waals surface area contributed by atoms with E-state index in [9.17, 15) is 14.0 Å². The number of ether oxygens (including phenoxy) is 1. The molecule has 0 fully saturated rings. The molecule has 8 heteroatoms. The summed E-state index contributed by atoms with van der Waals surface area (Å²) in [6.45, 7) is 5.57. The fraction of sp³-hybridized carbons (Fsp3) is 0.483. The summed E-state index contributed by atoms with van der Waals surface area (Å²) in [5.41, 5.74) is 2.13. The number of pyridine rings is 1. The van der Waals surface area contributed by atoms with Crippen molar-refractivity contribution in [1.82, 2.24) is 20.5 Å². The Morgan fingerprint density at radius 2 is 2.00 bits per heavy atom. The minimum absolute atomic E-state index is 0.155. The highest BCUT2D eigenvalue weighted by Gasteiger charge is 2.25. The molecule has 1 unspecified atom stereocenters. The SMILES string of the molecule is C#CCC(C(=O)NCCCNC)N(C)C(=O)CCCCOc1ccc(C)cc1F.CCc1cccnc1. The molecule has 2 rings (SSSR count). The first-order chi connectivity index (χ1) is 17.8. The summed E-state index contributed by atoms with van der Waals surface area (Å²) in [4.78, 5) is 30.2. The van der Waals surface area contributed by atoms with Gasteiger partial charge in [0, 0.05) is 38.8 Å². The van der Waals surface area contributed by atoms with Crippen LogP contribution in [0.5, 0.6) is 5.75 Å². The Bertz CT molecular complexity index is 979. The van der Waals surface area contributed by atoms with E-state index in [2.05, 4.69) is 34.5 Å². The number of amides is 2. The summed E-state index contributed by atoms with van der Waals surface area (Å²) in [6, 6.07) is 8.16. The topological polar surface area (TPSA) is 83.6 Å². The number of halogens is 1. The average molecular weight is 513 g/mol. The largest absolute Gasteiger partial charge is 0.491 e. The molecule has 2 N–H and O–H groups in total. The fourth-order valence-electron chi connectivity index (χ4n) is 3.35. The number of hydrogen-bond acceptors (Lipinski definition) is 5. The lowest BCUT2D eigenvalue weighted by molar-refractivity contribution is -0.138. The van der Waals surface area contributed by atoms with Crippen molar-refractivity contribution in [2.75, 3.05) is 33.8 Å². The molecule has 7 nitrogen and oxygen atoms in total. The Labute approximate surface area is 221 Å². The van der Waals surface area contributed by atoms with Gasteiger partial charge in [-0.05, 0) is 75.5 Å². The number of terminal acetylenes is 1. The summed E-state index contributed by atoms with van der Waals surface area (Å²) >= 11 is 0. The summed E-state index contributed by atoms with van der Waals surface area (Å²) < 4.78 is 19.1. The molecule has 0 aliphatic carbocycles. The van der Waals surface area contributed by atoms with Crippen molar-refractivity contribution < 1.29 is 18.7 Å². The number of carbonyl (C=O) groups excluding carboxylic acids is 2. The van der Waals surface area contributed by atoms with Crippen LogP contribution in [-0.4, -0.2) is 61.5 Å². The van der Waals surface area contributed by atoms with Crippen LogP contribution < -0.4 is 15.4 Å². The molecule has 202 valence electrons. The lowest BCUT2D eigenvalue weighted by atomic mass is 10.1. The Balaban J connectivity index is 0.000000722. The van der Waals surface area contributed by atoms with Crippen LogP contribution in [-0.2, 0) is 16.0 Å². The van der Waals surface area contributed by atoms with E-state index in [4.69, 9.17) is 11.2 Å². The summed E-state index contributed by atoms with van der Waals surface area (Å²) in [5.74, 6) is 1.89. The lowest BCUT2D eigenvalue weighted by Crippen LogP contribution is -2.47. The van der Waals surface area contributed by atoms with E-state index in [0.717, 1.165) is 24.9 Å². The van der Waals surface area contributed by atoms with Gasteiger partial charge in [0.2, 0.25) is 11.8 Å². The Kier molecular flexibility index (Phi) is 16.0. The average Bonchev–Trinajstić information content (AvgIpc) is 2.90. The second-order valence-electron chi connectivity index (χ2n) is 8.63. The third-order valence-electron chi connectivity index (χ3n) is 5.64. The molecule has 1 atom stereocenters. The number of aryl methyl sites for hydroxylation is 2. The molecule has 37 heavy (non-hydrogen) atoms. The summed E-state index contributed by atoms with van der Waals surface area (Å²) in [7, 11) is 3.44. The van der Waals surface area contributed by atoms with Crippen LogP contribution in [0.2, 0.25) is 0 Å². The van der Waals surface area contributed by atoms with Gasteiger partial charge < -0.3 is 20.3 Å². The van der Waals surface area contributed by atoms with E-state index in [0.29, 0.717) is 26.0 Å². The maximum absolute atomic E-state index is 13.7. The second-order valence-corrected chi connectivity index (χ2v) is 8.63. The van der Waals surface area contributed by atoms with Crippen molar-refractivity contribution in [3.8, 4) is 18.1 Å². The normalized spacial score (nSPS) is 10.9. The van der Waals surface area contributed by atoms with Crippen LogP contribution in [0.3, 0.4) is 0 Å². The maximum atomic E-state index is 13.7. The van der Waals surface area contributed by atoms with Gasteiger partial charge >= 0.3 is 0 Å². The predicted molar refractivity (Wildman–Crippen MR) is 146 cm³/mol. The molecule has 0 aliphatic rings. The van der Waals surface area contributed by atoms with Gasteiger partial charge in [0.15, 0.2) is 11.6 Å². The van der Waals surface area contributed by atoms with Crippen LogP contribution in [0.1, 0.15) is 50.2 Å². The van der Waals surface area contributed by atoms with Crippen molar-refractivity contribution in [3.63, 3.8) is 0 Å². The molecule has 2 amide bonds. The van der Waals surface area contributed by atoms with Crippen molar-refractivity contribution in [2.24, 2.45) is 0 Å². The third-order valence-corrected chi connectivity index (χ3v) is 5.64. The first-order valence-electron chi connectivity index (χ1n) is 12.7. The molecule has 0 aliphatic heterocycles. The summed E-state index contributed by atoms with van der Waals surface area (Å²) in [6.07, 6.45) is 12.5. The van der Waals surface area contributed by atoms with Crippen molar-refractivity contribution in [1.29, 1.82) is 0 Å². The highest BCUT2D eigenvalue weighted by atomic mass is 19.1. The van der Waals surface area contributed by atoms with Gasteiger partial charge in [-0.15, -0.1) is 12.3 Å². The van der Waals surface area contributed by atoms with E-state index in [1.807, 2.05) is 26.2 Å². The number of nitrogens with zero attached hydrogens (tertiary/aromatic N) is 2. The number of benzene rings is 1. The van der Waals surface area contributed by atoms with E-state index in [-0.39, 0.29) is 30.4 Å². The van der Waals surface area contributed by atoms with Gasteiger partial charge in [0.25, 0.3) is 0 Å². The minimum Gasteiger partial charge on any atom is -0.491 e. The molecule has 1 aromatic heterocycles. The first kappa shape index (κ1) is 31.6. The molecule has 0 saturated heterocycles. The number of nitrogens with one attached hydrogen (secondary N) is 2. The molecular weight excluding hydrogens is 471 g/mol. The van der Waals surface area contributed by atoms with Crippen molar-refractivity contribution in [2.45, 2.75) is 58.4 Å². The van der Waals surface area contributed by atoms with Gasteiger partial charge in [-0.1, -0.05) is 19.1 Å². The Morgan fingerprint density at radius 1 is 1.22 bits per heavy atom. The molecule has 0 radical (unpaired) electrons. The van der Waals surface area contributed by atoms with E-state index >= 15 is 0 Å². The number of unbranched alkanes of at least 4 members (excludes halogenated alkanes) is 1. The molecule has 2 aromatic rings. The zero-order valence-electron chi connectivity index (χ0n) is 22.6. The standard InChI is InChI=1S/C22H32FN3O3.C7H9N/c1-5-9-19(22(28)25-14-8-13-24-3)26(4)21(27)10-6-7-15-29-20-12-11-17(2)16-18(20)23;1-2-7-4-3-5-8-6-7/h1,11-12,16,19,24H,6-10,13-15H2,2-4H3,(H,25,28);3-6H,2H2,1H3. The number of hydrogen-bond donors (Lipinski definition) is 2. The Hall–Kier alpha value is -3.44. The van der Waals surface area contributed by atoms with Gasteiger partial charge in [0.1, 0.15) is 6.04 Å². The van der Waals surface area contributed by atoms with Crippen LogP contribution in [0, 0.1) is 25.1 Å². The monoisotopic (exact) mass is 512 g/mol. The smallest absolute Gasteiger partial charge is 0.243 e. The van der Waals surface area contributed by atoms with E-state index < -0.39 is 11.9 Å². The molecule has 0 saturated carbocycles. The highest BCUT2D eigenvalue weighted by molar-refractivity contribution is 5.87. The Morgan fingerprint density at radius 3 is 2.59 bits per heavy atom. The first-order valence-corrected chi connectivity index (χ1v) is 12.7. The molecule has 0 bridgehead atoms.